The first-order valence-corrected chi connectivity index (χ1v) is 10.2. The van der Waals surface area contributed by atoms with Crippen LogP contribution in [0.25, 0.3) is 0 Å². The third-order valence-corrected chi connectivity index (χ3v) is 5.96. The van der Waals surface area contributed by atoms with Gasteiger partial charge >= 0.3 is 0 Å². The van der Waals surface area contributed by atoms with Crippen LogP contribution in [0, 0.1) is 5.92 Å². The van der Waals surface area contributed by atoms with Gasteiger partial charge in [-0.2, -0.15) is 0 Å². The van der Waals surface area contributed by atoms with E-state index < -0.39 is 0 Å². The van der Waals surface area contributed by atoms with Gasteiger partial charge in [0.2, 0.25) is 5.95 Å². The number of hydrogen-bond acceptors (Lipinski definition) is 5. The molecule has 2 fully saturated rings. The summed E-state index contributed by atoms with van der Waals surface area (Å²) in [5.74, 6) is 3.02. The van der Waals surface area contributed by atoms with E-state index in [9.17, 15) is 0 Å². The molecule has 0 amide bonds. The van der Waals surface area contributed by atoms with Crippen molar-refractivity contribution < 1.29 is 4.74 Å². The van der Waals surface area contributed by atoms with Crippen molar-refractivity contribution in [1.82, 2.24) is 14.8 Å². The van der Waals surface area contributed by atoms with Gasteiger partial charge in [0, 0.05) is 25.4 Å². The lowest BCUT2D eigenvalue weighted by Gasteiger charge is -2.31. The molecule has 3 heterocycles. The molecule has 1 atom stereocenters. The fourth-order valence-electron chi connectivity index (χ4n) is 3.29. The summed E-state index contributed by atoms with van der Waals surface area (Å²) in [6.45, 7) is 8.60. The second-order valence-corrected chi connectivity index (χ2v) is 7.96. The van der Waals surface area contributed by atoms with Crippen LogP contribution < -0.4 is 4.90 Å². The van der Waals surface area contributed by atoms with Crippen LogP contribution in [0.1, 0.15) is 52.4 Å². The molecular weight excluding hydrogens is 308 g/mol. The van der Waals surface area contributed by atoms with Crippen LogP contribution in [0.2, 0.25) is 0 Å². The summed E-state index contributed by atoms with van der Waals surface area (Å²) < 4.78 is 8.19. The summed E-state index contributed by atoms with van der Waals surface area (Å²) in [5, 5.41) is 10.1. The quantitative estimate of drug-likeness (QED) is 0.561. The summed E-state index contributed by atoms with van der Waals surface area (Å²) in [4.78, 5) is 2.42. The van der Waals surface area contributed by atoms with Crippen molar-refractivity contribution in [2.45, 2.75) is 70.2 Å². The zero-order valence-corrected chi connectivity index (χ0v) is 15.4. The van der Waals surface area contributed by atoms with E-state index >= 15 is 0 Å². The van der Waals surface area contributed by atoms with E-state index in [1.807, 2.05) is 11.8 Å². The van der Waals surface area contributed by atoms with Gasteiger partial charge in [-0.05, 0) is 38.0 Å². The molecule has 0 spiro atoms. The number of ether oxygens (including phenoxy) is 1. The normalized spacial score (nSPS) is 22.9. The zero-order chi connectivity index (χ0) is 16.1. The molecule has 1 unspecified atom stereocenters. The summed E-state index contributed by atoms with van der Waals surface area (Å²) in [7, 11) is 0. The van der Waals surface area contributed by atoms with Crippen molar-refractivity contribution in [3.05, 3.63) is 0 Å². The number of anilines is 1. The van der Waals surface area contributed by atoms with Gasteiger partial charge < -0.3 is 9.64 Å². The molecule has 2 saturated heterocycles. The second kappa shape index (κ2) is 8.38. The minimum Gasteiger partial charge on any atom is -0.376 e. The minimum atomic E-state index is 0.332. The maximum Gasteiger partial charge on any atom is 0.228 e. The first-order valence-electron chi connectivity index (χ1n) is 9.20. The maximum atomic E-state index is 5.86. The van der Waals surface area contributed by atoms with Crippen LogP contribution >= 0.6 is 11.8 Å². The molecule has 6 heteroatoms. The highest BCUT2D eigenvalue weighted by Gasteiger charge is 2.25. The first kappa shape index (κ1) is 17.1. The van der Waals surface area contributed by atoms with E-state index in [0.717, 1.165) is 55.4 Å². The Morgan fingerprint density at radius 3 is 2.74 bits per heavy atom. The molecule has 0 saturated carbocycles. The van der Waals surface area contributed by atoms with E-state index in [1.165, 1.54) is 32.1 Å². The maximum absolute atomic E-state index is 5.86. The Labute approximate surface area is 144 Å². The van der Waals surface area contributed by atoms with Gasteiger partial charge in [0.05, 0.1) is 12.6 Å². The summed E-state index contributed by atoms with van der Waals surface area (Å²) in [5.41, 5.74) is 0. The molecule has 130 valence electrons. The van der Waals surface area contributed by atoms with Gasteiger partial charge in [-0.1, -0.05) is 32.0 Å². The number of thioether (sulfide) groups is 1. The van der Waals surface area contributed by atoms with Crippen LogP contribution in [-0.4, -0.2) is 46.3 Å². The van der Waals surface area contributed by atoms with Crippen molar-refractivity contribution >= 4 is 17.7 Å². The highest BCUT2D eigenvalue weighted by molar-refractivity contribution is 7.99. The molecule has 0 aromatic carbocycles. The summed E-state index contributed by atoms with van der Waals surface area (Å²) in [6, 6.07) is 0. The molecular formula is C17H30N4OS. The van der Waals surface area contributed by atoms with Crippen molar-refractivity contribution in [3.63, 3.8) is 0 Å². The van der Waals surface area contributed by atoms with Crippen LogP contribution in [-0.2, 0) is 11.3 Å². The Bertz CT molecular complexity index is 479. The average Bonchev–Trinajstić information content (AvgIpc) is 3.20. The molecule has 0 radical (unpaired) electrons. The highest BCUT2D eigenvalue weighted by atomic mass is 32.2. The number of hydrogen-bond donors (Lipinski definition) is 0. The van der Waals surface area contributed by atoms with Gasteiger partial charge in [-0.25, -0.2) is 0 Å². The molecule has 3 rings (SSSR count). The molecule has 0 N–H and O–H groups in total. The highest BCUT2D eigenvalue weighted by Crippen LogP contribution is 2.28. The summed E-state index contributed by atoms with van der Waals surface area (Å²) >= 11 is 1.85. The molecule has 23 heavy (non-hydrogen) atoms. The number of unbranched alkanes of at least 4 members (excludes halogenated alkanes) is 1. The fraction of sp³-hybridized carbons (Fsp3) is 0.882. The molecule has 1 aromatic rings. The minimum absolute atomic E-state index is 0.332. The van der Waals surface area contributed by atoms with Crippen LogP contribution in [0.15, 0.2) is 5.16 Å². The Morgan fingerprint density at radius 1 is 1.22 bits per heavy atom. The van der Waals surface area contributed by atoms with Crippen molar-refractivity contribution in [2.24, 2.45) is 5.92 Å². The van der Waals surface area contributed by atoms with E-state index in [-0.39, 0.29) is 0 Å². The molecule has 2 aliphatic rings. The van der Waals surface area contributed by atoms with Crippen LogP contribution in [0.5, 0.6) is 0 Å². The monoisotopic (exact) mass is 338 g/mol. The SMILES string of the molecule is CCCCSc1nnc(N2CCC(C)CC2)n1CC1CCCO1. The Morgan fingerprint density at radius 2 is 2.04 bits per heavy atom. The lowest BCUT2D eigenvalue weighted by atomic mass is 10.00. The molecule has 0 bridgehead atoms. The second-order valence-electron chi connectivity index (χ2n) is 6.90. The summed E-state index contributed by atoms with van der Waals surface area (Å²) in [6.07, 6.45) is 7.64. The Kier molecular flexibility index (Phi) is 6.22. The van der Waals surface area contributed by atoms with Gasteiger partial charge in [0.1, 0.15) is 0 Å². The predicted octanol–water partition coefficient (Wildman–Crippen LogP) is 3.59. The van der Waals surface area contributed by atoms with E-state index in [4.69, 9.17) is 4.74 Å². The predicted molar refractivity (Wildman–Crippen MR) is 95.2 cm³/mol. The molecule has 1 aromatic heterocycles. The van der Waals surface area contributed by atoms with Gasteiger partial charge in [-0.3, -0.25) is 4.57 Å². The fourth-order valence-corrected chi connectivity index (χ4v) is 4.32. The van der Waals surface area contributed by atoms with Crippen molar-refractivity contribution in [2.75, 3.05) is 30.3 Å². The zero-order valence-electron chi connectivity index (χ0n) is 14.5. The number of piperidine rings is 1. The lowest BCUT2D eigenvalue weighted by molar-refractivity contribution is 0.0951. The van der Waals surface area contributed by atoms with Gasteiger partial charge in [0.25, 0.3) is 0 Å². The van der Waals surface area contributed by atoms with Crippen molar-refractivity contribution in [3.8, 4) is 0 Å². The molecule has 0 aliphatic carbocycles. The number of nitrogens with zero attached hydrogens (tertiary/aromatic N) is 4. The van der Waals surface area contributed by atoms with E-state index in [0.29, 0.717) is 6.10 Å². The largest absolute Gasteiger partial charge is 0.376 e. The number of aromatic nitrogens is 3. The van der Waals surface area contributed by atoms with E-state index in [1.54, 1.807) is 0 Å². The Hall–Kier alpha value is -0.750. The van der Waals surface area contributed by atoms with Crippen LogP contribution in [0.3, 0.4) is 0 Å². The van der Waals surface area contributed by atoms with Gasteiger partial charge in [-0.15, -0.1) is 10.2 Å². The third kappa shape index (κ3) is 4.41. The smallest absolute Gasteiger partial charge is 0.228 e. The van der Waals surface area contributed by atoms with Gasteiger partial charge in [0.15, 0.2) is 5.16 Å². The standard InChI is InChI=1S/C17H30N4OS/c1-3-4-12-23-17-19-18-16(20-9-7-14(2)8-10-20)21(17)13-15-6-5-11-22-15/h14-15H,3-13H2,1-2H3. The average molecular weight is 339 g/mol. The molecule has 5 nitrogen and oxygen atoms in total. The Balaban J connectivity index is 1.73. The van der Waals surface area contributed by atoms with E-state index in [2.05, 4.69) is 33.5 Å². The first-order chi connectivity index (χ1) is 11.3. The van der Waals surface area contributed by atoms with Crippen molar-refractivity contribution in [1.29, 1.82) is 0 Å². The topological polar surface area (TPSA) is 43.2 Å². The third-order valence-electron chi connectivity index (χ3n) is 4.90. The number of rotatable bonds is 7. The lowest BCUT2D eigenvalue weighted by Crippen LogP contribution is -2.35. The van der Waals surface area contributed by atoms with Crippen LogP contribution in [0.4, 0.5) is 5.95 Å². The molecule has 2 aliphatic heterocycles.